The third kappa shape index (κ3) is 6.01. The van der Waals surface area contributed by atoms with Crippen LogP contribution in [0.15, 0.2) is 78.9 Å². The molecule has 0 bridgehead atoms. The van der Waals surface area contributed by atoms with Crippen molar-refractivity contribution in [1.29, 1.82) is 0 Å². The molecule has 0 spiro atoms. The average Bonchev–Trinajstić information content (AvgIpc) is 2.84. The van der Waals surface area contributed by atoms with E-state index in [0.717, 1.165) is 12.8 Å². The molecular weight excluding hydrogens is 439 g/mol. The van der Waals surface area contributed by atoms with Crippen LogP contribution in [-0.4, -0.2) is 5.60 Å². The van der Waals surface area contributed by atoms with E-state index < -0.39 is 13.2 Å². The van der Waals surface area contributed by atoms with Crippen molar-refractivity contribution < 1.29 is 13.6 Å². The quantitative estimate of drug-likeness (QED) is 0.274. The van der Waals surface area contributed by atoms with Crippen molar-refractivity contribution in [2.75, 3.05) is 0 Å². The van der Waals surface area contributed by atoms with Gasteiger partial charge >= 0.3 is 7.60 Å². The van der Waals surface area contributed by atoms with Gasteiger partial charge in [0.15, 0.2) is 0 Å². The summed E-state index contributed by atoms with van der Waals surface area (Å²) in [5.41, 5.74) is 3.06. The van der Waals surface area contributed by atoms with Crippen LogP contribution in [-0.2, 0) is 14.5 Å². The van der Waals surface area contributed by atoms with E-state index in [4.69, 9.17) is 9.05 Å². The summed E-state index contributed by atoms with van der Waals surface area (Å²) in [7, 11) is -3.56. The van der Waals surface area contributed by atoms with Gasteiger partial charge in [-0.1, -0.05) is 89.2 Å². The summed E-state index contributed by atoms with van der Waals surface area (Å²) in [5, 5.41) is 0.558. The van der Waals surface area contributed by atoms with Gasteiger partial charge in [0, 0.05) is 5.41 Å². The lowest BCUT2D eigenvalue weighted by Crippen LogP contribution is -2.26. The molecule has 0 N–H and O–H groups in total. The first-order valence-electron chi connectivity index (χ1n) is 12.3. The van der Waals surface area contributed by atoms with Crippen LogP contribution in [0.3, 0.4) is 0 Å². The van der Waals surface area contributed by atoms with Crippen molar-refractivity contribution in [2.24, 2.45) is 0 Å². The Bertz CT molecular complexity index is 1100. The molecule has 3 nitrogen and oxygen atoms in total. The molecule has 0 aromatic heterocycles. The summed E-state index contributed by atoms with van der Waals surface area (Å²) < 4.78 is 26.1. The van der Waals surface area contributed by atoms with Gasteiger partial charge in [0.1, 0.15) is 5.75 Å². The maximum atomic E-state index is 13.9. The monoisotopic (exact) mass is 478 g/mol. The van der Waals surface area contributed by atoms with Gasteiger partial charge in [-0.05, 0) is 73.6 Å². The lowest BCUT2D eigenvalue weighted by molar-refractivity contribution is 0.0952. The molecule has 2 atom stereocenters. The van der Waals surface area contributed by atoms with E-state index in [-0.39, 0.29) is 5.41 Å². The maximum Gasteiger partial charge on any atom is 0.411 e. The van der Waals surface area contributed by atoms with Gasteiger partial charge in [-0.3, -0.25) is 4.52 Å². The standard InChI is InChI=1S/C30H39O3P/c1-8-23(3)24-15-17-25(18-16-24)30(6,7)26-19-21-27(22-20-26)32-34(31,33-29(4,5)9-2)28-13-11-10-12-14-28/h10-23H,8-9H2,1-7H3. The minimum atomic E-state index is -3.56. The van der Waals surface area contributed by atoms with E-state index >= 15 is 0 Å². The molecule has 0 fully saturated rings. The Morgan fingerprint density at radius 2 is 1.32 bits per heavy atom. The maximum absolute atomic E-state index is 13.9. The van der Waals surface area contributed by atoms with E-state index in [2.05, 4.69) is 64.1 Å². The molecule has 0 aliphatic carbocycles. The van der Waals surface area contributed by atoms with Crippen molar-refractivity contribution in [2.45, 2.75) is 78.2 Å². The first-order valence-corrected chi connectivity index (χ1v) is 13.8. The fourth-order valence-electron chi connectivity index (χ4n) is 3.83. The molecule has 3 rings (SSSR count). The highest BCUT2D eigenvalue weighted by molar-refractivity contribution is 7.62. The van der Waals surface area contributed by atoms with Crippen molar-refractivity contribution in [1.82, 2.24) is 0 Å². The Hall–Kier alpha value is -2.35. The predicted octanol–water partition coefficient (Wildman–Crippen LogP) is 8.63. The van der Waals surface area contributed by atoms with Gasteiger partial charge in [-0.15, -0.1) is 0 Å². The van der Waals surface area contributed by atoms with Gasteiger partial charge in [-0.25, -0.2) is 4.57 Å². The van der Waals surface area contributed by atoms with Gasteiger partial charge in [0.2, 0.25) is 0 Å². The van der Waals surface area contributed by atoms with Crippen LogP contribution in [0.1, 0.15) is 83.9 Å². The minimum absolute atomic E-state index is 0.170. The Kier molecular flexibility index (Phi) is 8.11. The molecule has 0 radical (unpaired) electrons. The van der Waals surface area contributed by atoms with Crippen molar-refractivity contribution in [3.8, 4) is 5.75 Å². The summed E-state index contributed by atoms with van der Waals surface area (Å²) in [6.07, 6.45) is 1.85. The van der Waals surface area contributed by atoms with Gasteiger partial charge in [0.05, 0.1) is 10.9 Å². The predicted molar refractivity (Wildman–Crippen MR) is 143 cm³/mol. The van der Waals surface area contributed by atoms with Crippen LogP contribution in [0.25, 0.3) is 0 Å². The van der Waals surface area contributed by atoms with Crippen LogP contribution in [0.5, 0.6) is 5.75 Å². The van der Waals surface area contributed by atoms with Crippen LogP contribution in [0, 0.1) is 0 Å². The Morgan fingerprint density at radius 1 is 0.794 bits per heavy atom. The van der Waals surface area contributed by atoms with E-state index in [1.54, 1.807) is 12.1 Å². The highest BCUT2D eigenvalue weighted by Gasteiger charge is 2.36. The molecule has 0 heterocycles. The summed E-state index contributed by atoms with van der Waals surface area (Å²) in [5.74, 6) is 1.10. The minimum Gasteiger partial charge on any atom is -0.421 e. The molecule has 0 saturated carbocycles. The van der Waals surface area contributed by atoms with Crippen molar-refractivity contribution in [3.05, 3.63) is 95.6 Å². The summed E-state index contributed by atoms with van der Waals surface area (Å²) >= 11 is 0. The largest absolute Gasteiger partial charge is 0.421 e. The van der Waals surface area contributed by atoms with E-state index in [9.17, 15) is 4.57 Å². The summed E-state index contributed by atoms with van der Waals surface area (Å²) in [6.45, 7) is 14.8. The highest BCUT2D eigenvalue weighted by atomic mass is 31.2. The van der Waals surface area contributed by atoms with Crippen LogP contribution in [0.2, 0.25) is 0 Å². The SMILES string of the molecule is CCC(C)c1ccc(C(C)(C)c2ccc(OP(=O)(OC(C)(C)CC)c3ccccc3)cc2)cc1. The number of benzene rings is 3. The van der Waals surface area contributed by atoms with Crippen LogP contribution in [0.4, 0.5) is 0 Å². The molecule has 4 heteroatoms. The van der Waals surface area contributed by atoms with E-state index in [1.165, 1.54) is 16.7 Å². The van der Waals surface area contributed by atoms with E-state index in [1.807, 2.05) is 51.1 Å². The first-order chi connectivity index (χ1) is 16.0. The van der Waals surface area contributed by atoms with Crippen molar-refractivity contribution in [3.63, 3.8) is 0 Å². The molecular formula is C30H39O3P. The summed E-state index contributed by atoms with van der Waals surface area (Å²) in [4.78, 5) is 0. The number of rotatable bonds is 10. The zero-order chi connectivity index (χ0) is 25.0. The molecule has 0 aliphatic rings. The second-order valence-corrected chi connectivity index (χ2v) is 12.1. The normalized spacial score (nSPS) is 14.9. The average molecular weight is 479 g/mol. The highest BCUT2D eigenvalue weighted by Crippen LogP contribution is 2.51. The zero-order valence-electron chi connectivity index (χ0n) is 21.7. The smallest absolute Gasteiger partial charge is 0.411 e. The summed E-state index contributed by atoms with van der Waals surface area (Å²) in [6, 6.07) is 26.0. The van der Waals surface area contributed by atoms with E-state index in [0.29, 0.717) is 17.0 Å². The van der Waals surface area contributed by atoms with Gasteiger partial charge in [0.25, 0.3) is 0 Å². The van der Waals surface area contributed by atoms with Gasteiger partial charge < -0.3 is 4.52 Å². The second-order valence-electron chi connectivity index (χ2n) is 10.2. The molecule has 3 aromatic carbocycles. The Balaban J connectivity index is 1.86. The molecule has 2 unspecified atom stereocenters. The molecule has 0 saturated heterocycles. The fourth-order valence-corrected chi connectivity index (χ4v) is 5.79. The molecule has 34 heavy (non-hydrogen) atoms. The molecule has 0 amide bonds. The van der Waals surface area contributed by atoms with Gasteiger partial charge in [-0.2, -0.15) is 0 Å². The topological polar surface area (TPSA) is 35.5 Å². The third-order valence-electron chi connectivity index (χ3n) is 6.91. The Morgan fingerprint density at radius 3 is 1.82 bits per heavy atom. The van der Waals surface area contributed by atoms with Crippen LogP contribution < -0.4 is 9.83 Å². The lowest BCUT2D eigenvalue weighted by Gasteiger charge is -2.30. The first kappa shape index (κ1) is 26.3. The zero-order valence-corrected chi connectivity index (χ0v) is 22.6. The molecule has 182 valence electrons. The molecule has 0 aliphatic heterocycles. The second kappa shape index (κ2) is 10.5. The molecule has 3 aromatic rings. The van der Waals surface area contributed by atoms with Crippen LogP contribution >= 0.6 is 7.60 Å². The third-order valence-corrected chi connectivity index (χ3v) is 9.02. The number of hydrogen-bond donors (Lipinski definition) is 0. The van der Waals surface area contributed by atoms with Crippen molar-refractivity contribution >= 4 is 12.9 Å². The number of hydrogen-bond acceptors (Lipinski definition) is 3. The Labute approximate surface area is 206 Å². The fraction of sp³-hybridized carbons (Fsp3) is 0.400. The lowest BCUT2D eigenvalue weighted by atomic mass is 9.77.